The Morgan fingerprint density at radius 1 is 1.32 bits per heavy atom. The molecule has 0 radical (unpaired) electrons. The van der Waals surface area contributed by atoms with Crippen molar-refractivity contribution in [3.05, 3.63) is 0 Å². The molecule has 22 heavy (non-hydrogen) atoms. The number of carbonyl (C=O) groups excluding carboxylic acids is 1. The van der Waals surface area contributed by atoms with Crippen LogP contribution in [0.3, 0.4) is 0 Å². The number of rotatable bonds is 7. The zero-order chi connectivity index (χ0) is 15.8. The highest BCUT2D eigenvalue weighted by atomic mass is 32.2. The summed E-state index contributed by atoms with van der Waals surface area (Å²) in [4.78, 5) is 14.4. The summed E-state index contributed by atoms with van der Waals surface area (Å²) in [6.45, 7) is 9.27. The van der Waals surface area contributed by atoms with Crippen LogP contribution >= 0.6 is 11.8 Å². The average molecular weight is 330 g/mol. The maximum Gasteiger partial charge on any atom is 0.221 e. The number of nitrogens with zero attached hydrogens (tertiary/aromatic N) is 1. The van der Waals surface area contributed by atoms with Crippen LogP contribution in [0.25, 0.3) is 0 Å². The van der Waals surface area contributed by atoms with Crippen molar-refractivity contribution in [2.45, 2.75) is 51.4 Å². The van der Waals surface area contributed by atoms with Gasteiger partial charge in [0.05, 0.1) is 12.2 Å². The van der Waals surface area contributed by atoms with E-state index in [9.17, 15) is 4.79 Å². The van der Waals surface area contributed by atoms with E-state index in [-0.39, 0.29) is 5.91 Å². The van der Waals surface area contributed by atoms with Crippen LogP contribution in [0.15, 0.2) is 0 Å². The van der Waals surface area contributed by atoms with Gasteiger partial charge in [-0.05, 0) is 33.2 Å². The van der Waals surface area contributed by atoms with Crippen LogP contribution in [0.1, 0.15) is 33.1 Å². The van der Waals surface area contributed by atoms with Crippen LogP contribution in [0.2, 0.25) is 0 Å². The average Bonchev–Trinajstić information content (AvgIpc) is 2.47. The van der Waals surface area contributed by atoms with Gasteiger partial charge >= 0.3 is 0 Å². The number of morpholine rings is 1. The SMILES string of the molecule is CC1CN(CCCCNC(=O)CC2CSCCN2)CC(C)O1. The highest BCUT2D eigenvalue weighted by molar-refractivity contribution is 7.99. The number of unbranched alkanes of at least 4 members (excludes halogenated alkanes) is 1. The molecule has 1 amide bonds. The van der Waals surface area contributed by atoms with Gasteiger partial charge in [0.25, 0.3) is 0 Å². The van der Waals surface area contributed by atoms with Gasteiger partial charge in [-0.15, -0.1) is 0 Å². The van der Waals surface area contributed by atoms with E-state index in [1.54, 1.807) is 0 Å². The van der Waals surface area contributed by atoms with Crippen molar-refractivity contribution >= 4 is 17.7 Å². The molecule has 6 heteroatoms. The molecule has 2 aliphatic rings. The van der Waals surface area contributed by atoms with E-state index in [2.05, 4.69) is 29.4 Å². The van der Waals surface area contributed by atoms with Gasteiger partial charge < -0.3 is 15.4 Å². The summed E-state index contributed by atoms with van der Waals surface area (Å²) in [5.41, 5.74) is 0. The van der Waals surface area contributed by atoms with Gasteiger partial charge in [-0.1, -0.05) is 0 Å². The standard InChI is InChI=1S/C16H31N3O2S/c1-13-10-19(11-14(2)21-13)7-4-3-5-18-16(20)9-15-12-22-8-6-17-15/h13-15,17H,3-12H2,1-2H3,(H,18,20). The Bertz CT molecular complexity index is 327. The molecule has 3 unspecified atom stereocenters. The van der Waals surface area contributed by atoms with Crippen molar-refractivity contribution in [3.63, 3.8) is 0 Å². The van der Waals surface area contributed by atoms with Crippen molar-refractivity contribution in [2.75, 3.05) is 44.2 Å². The summed E-state index contributed by atoms with van der Waals surface area (Å²) in [6, 6.07) is 0.357. The van der Waals surface area contributed by atoms with Gasteiger partial charge in [-0.3, -0.25) is 9.69 Å². The summed E-state index contributed by atoms with van der Waals surface area (Å²) in [7, 11) is 0. The summed E-state index contributed by atoms with van der Waals surface area (Å²) in [6.07, 6.45) is 3.48. The predicted octanol–water partition coefficient (Wildman–Crippen LogP) is 1.09. The van der Waals surface area contributed by atoms with E-state index >= 15 is 0 Å². The van der Waals surface area contributed by atoms with E-state index in [1.165, 1.54) is 0 Å². The number of amides is 1. The molecule has 0 spiro atoms. The normalized spacial score (nSPS) is 30.2. The molecule has 2 fully saturated rings. The Morgan fingerprint density at radius 2 is 2.09 bits per heavy atom. The molecule has 2 rings (SSSR count). The second-order valence-corrected chi connectivity index (χ2v) is 7.65. The minimum Gasteiger partial charge on any atom is -0.373 e. The van der Waals surface area contributed by atoms with Gasteiger partial charge in [-0.2, -0.15) is 11.8 Å². The van der Waals surface area contributed by atoms with E-state index in [1.807, 2.05) is 11.8 Å². The molecule has 3 atom stereocenters. The summed E-state index contributed by atoms with van der Waals surface area (Å²) in [5, 5.41) is 6.46. The lowest BCUT2D eigenvalue weighted by atomic mass is 10.2. The predicted molar refractivity (Wildman–Crippen MR) is 92.4 cm³/mol. The van der Waals surface area contributed by atoms with Crippen LogP contribution in [0.5, 0.6) is 0 Å². The molecule has 0 aliphatic carbocycles. The minimum absolute atomic E-state index is 0.189. The first-order valence-corrected chi connectivity index (χ1v) is 9.74. The number of ether oxygens (including phenoxy) is 1. The molecule has 2 N–H and O–H groups in total. The second kappa shape index (κ2) is 9.75. The monoisotopic (exact) mass is 329 g/mol. The second-order valence-electron chi connectivity index (χ2n) is 6.50. The fraction of sp³-hybridized carbons (Fsp3) is 0.938. The van der Waals surface area contributed by atoms with E-state index in [0.717, 1.165) is 57.1 Å². The molecule has 0 saturated carbocycles. The van der Waals surface area contributed by atoms with Crippen molar-refractivity contribution in [3.8, 4) is 0 Å². The minimum atomic E-state index is 0.189. The van der Waals surface area contributed by atoms with Crippen LogP contribution in [0.4, 0.5) is 0 Å². The number of nitrogens with one attached hydrogen (secondary N) is 2. The smallest absolute Gasteiger partial charge is 0.221 e. The number of thioether (sulfide) groups is 1. The molecule has 2 aliphatic heterocycles. The Balaban J connectivity index is 1.49. The Morgan fingerprint density at radius 3 is 2.77 bits per heavy atom. The summed E-state index contributed by atoms with van der Waals surface area (Å²) in [5.74, 6) is 2.41. The quantitative estimate of drug-likeness (QED) is 0.685. The van der Waals surface area contributed by atoms with Gasteiger partial charge in [-0.25, -0.2) is 0 Å². The number of hydrogen-bond acceptors (Lipinski definition) is 5. The third-order valence-electron chi connectivity index (χ3n) is 4.15. The molecular weight excluding hydrogens is 298 g/mol. The third-order valence-corrected chi connectivity index (χ3v) is 5.28. The molecule has 0 aromatic carbocycles. The Labute approximate surface area is 138 Å². The lowest BCUT2D eigenvalue weighted by Crippen LogP contribution is -2.45. The van der Waals surface area contributed by atoms with Crippen LogP contribution < -0.4 is 10.6 Å². The molecular formula is C16H31N3O2S. The van der Waals surface area contributed by atoms with Gasteiger partial charge in [0.15, 0.2) is 0 Å². The fourth-order valence-electron chi connectivity index (χ4n) is 3.20. The maximum absolute atomic E-state index is 11.9. The summed E-state index contributed by atoms with van der Waals surface area (Å²) >= 11 is 1.93. The highest BCUT2D eigenvalue weighted by Crippen LogP contribution is 2.11. The van der Waals surface area contributed by atoms with Crippen LogP contribution in [0, 0.1) is 0 Å². The molecule has 2 saturated heterocycles. The van der Waals surface area contributed by atoms with Crippen LogP contribution in [-0.2, 0) is 9.53 Å². The number of hydrogen-bond donors (Lipinski definition) is 2. The lowest BCUT2D eigenvalue weighted by Gasteiger charge is -2.35. The Kier molecular flexibility index (Phi) is 8.00. The first kappa shape index (κ1) is 18.0. The fourth-order valence-corrected chi connectivity index (χ4v) is 4.15. The lowest BCUT2D eigenvalue weighted by molar-refractivity contribution is -0.121. The van der Waals surface area contributed by atoms with E-state index in [0.29, 0.717) is 24.7 Å². The van der Waals surface area contributed by atoms with Crippen molar-refractivity contribution in [2.24, 2.45) is 0 Å². The molecule has 0 bridgehead atoms. The molecule has 2 heterocycles. The van der Waals surface area contributed by atoms with Gasteiger partial charge in [0.1, 0.15) is 0 Å². The third kappa shape index (κ3) is 6.86. The molecule has 0 aromatic heterocycles. The zero-order valence-electron chi connectivity index (χ0n) is 14.0. The number of carbonyl (C=O) groups is 1. The first-order valence-electron chi connectivity index (χ1n) is 8.59. The zero-order valence-corrected chi connectivity index (χ0v) is 14.8. The van der Waals surface area contributed by atoms with Crippen molar-refractivity contribution in [1.29, 1.82) is 0 Å². The van der Waals surface area contributed by atoms with Gasteiger partial charge in [0.2, 0.25) is 5.91 Å². The van der Waals surface area contributed by atoms with Crippen molar-refractivity contribution < 1.29 is 9.53 Å². The largest absolute Gasteiger partial charge is 0.373 e. The maximum atomic E-state index is 11.9. The van der Waals surface area contributed by atoms with Gasteiger partial charge in [0, 0.05) is 50.1 Å². The van der Waals surface area contributed by atoms with E-state index in [4.69, 9.17) is 4.74 Å². The molecule has 0 aromatic rings. The molecule has 5 nitrogen and oxygen atoms in total. The van der Waals surface area contributed by atoms with Crippen LogP contribution in [-0.4, -0.2) is 73.3 Å². The summed E-state index contributed by atoms with van der Waals surface area (Å²) < 4.78 is 5.74. The van der Waals surface area contributed by atoms with E-state index < -0.39 is 0 Å². The molecule has 128 valence electrons. The Hall–Kier alpha value is -0.300. The first-order chi connectivity index (χ1) is 10.6. The topological polar surface area (TPSA) is 53.6 Å². The van der Waals surface area contributed by atoms with Crippen molar-refractivity contribution in [1.82, 2.24) is 15.5 Å². The highest BCUT2D eigenvalue weighted by Gasteiger charge is 2.21.